The van der Waals surface area contributed by atoms with Crippen LogP contribution in [0.25, 0.3) is 0 Å². The number of likely N-dealkylation sites (tertiary alicyclic amines) is 1. The van der Waals surface area contributed by atoms with Gasteiger partial charge in [-0.15, -0.1) is 0 Å². The van der Waals surface area contributed by atoms with Gasteiger partial charge in [0.05, 0.1) is 0 Å². The summed E-state index contributed by atoms with van der Waals surface area (Å²) >= 11 is 0. The van der Waals surface area contributed by atoms with Crippen molar-refractivity contribution in [2.24, 2.45) is 17.8 Å². The van der Waals surface area contributed by atoms with Crippen LogP contribution in [0.2, 0.25) is 0 Å². The normalized spacial score (nSPS) is 20.2. The Balaban J connectivity index is 0.000000240. The summed E-state index contributed by atoms with van der Waals surface area (Å²) in [6.07, 6.45) is 2.38. The van der Waals surface area contributed by atoms with Crippen LogP contribution in [0.15, 0.2) is 0 Å². The average molecular weight is 340 g/mol. The van der Waals surface area contributed by atoms with Crippen molar-refractivity contribution >= 4 is 11.8 Å². The lowest BCUT2D eigenvalue weighted by Gasteiger charge is -2.33. The maximum Gasteiger partial charge on any atom is 0.225 e. The molecule has 0 saturated carbocycles. The van der Waals surface area contributed by atoms with E-state index in [1.165, 1.54) is 12.8 Å². The molecule has 0 aromatic carbocycles. The number of nitrogens with zero attached hydrogens (tertiary/aromatic N) is 3. The second-order valence-corrected chi connectivity index (χ2v) is 7.87. The maximum absolute atomic E-state index is 11.5. The number of likely N-dealkylation sites (N-methyl/N-ethyl adjacent to an activating group) is 1. The Labute approximate surface area is 148 Å². The Morgan fingerprint density at radius 3 is 1.71 bits per heavy atom. The van der Waals surface area contributed by atoms with Gasteiger partial charge in [0.15, 0.2) is 0 Å². The molecule has 2 aliphatic heterocycles. The summed E-state index contributed by atoms with van der Waals surface area (Å²) in [7, 11) is 2.09. The third kappa shape index (κ3) is 6.80. The van der Waals surface area contributed by atoms with Gasteiger partial charge in [0.1, 0.15) is 0 Å². The van der Waals surface area contributed by atoms with E-state index < -0.39 is 0 Å². The summed E-state index contributed by atoms with van der Waals surface area (Å²) in [6, 6.07) is 0. The summed E-state index contributed by atoms with van der Waals surface area (Å²) < 4.78 is 0. The lowest BCUT2D eigenvalue weighted by Crippen LogP contribution is -2.48. The van der Waals surface area contributed by atoms with E-state index in [1.54, 1.807) is 6.92 Å². The van der Waals surface area contributed by atoms with Crippen LogP contribution in [0.1, 0.15) is 47.5 Å². The summed E-state index contributed by atoms with van der Waals surface area (Å²) in [6.45, 7) is 15.9. The standard InChI is InChI=1S/C10H19NO.C9H18N2O/c1-8(2)10-4-6-11(7-5-10)9(3)12;1-8(2)9(12)11-6-4-10(3)5-7-11/h8,10H,4-7H2,1-3H3;8H,4-7H2,1-3H3. The minimum Gasteiger partial charge on any atom is -0.343 e. The Kier molecular flexibility index (Phi) is 8.74. The van der Waals surface area contributed by atoms with E-state index in [-0.39, 0.29) is 11.8 Å². The molecule has 5 nitrogen and oxygen atoms in total. The van der Waals surface area contributed by atoms with E-state index in [2.05, 4.69) is 25.8 Å². The monoisotopic (exact) mass is 339 g/mol. The number of carbonyl (C=O) groups excluding carboxylic acids is 2. The van der Waals surface area contributed by atoms with Crippen LogP contribution in [0.3, 0.4) is 0 Å². The smallest absolute Gasteiger partial charge is 0.225 e. The lowest BCUT2D eigenvalue weighted by molar-refractivity contribution is -0.136. The molecule has 140 valence electrons. The molecule has 2 aliphatic rings. The molecule has 0 atom stereocenters. The van der Waals surface area contributed by atoms with Gasteiger partial charge in [-0.1, -0.05) is 27.7 Å². The van der Waals surface area contributed by atoms with Crippen molar-refractivity contribution in [2.45, 2.75) is 47.5 Å². The third-order valence-electron chi connectivity index (χ3n) is 5.24. The summed E-state index contributed by atoms with van der Waals surface area (Å²) in [5.74, 6) is 2.29. The Morgan fingerprint density at radius 2 is 1.33 bits per heavy atom. The molecule has 0 spiro atoms. The highest BCUT2D eigenvalue weighted by Crippen LogP contribution is 2.24. The van der Waals surface area contributed by atoms with Gasteiger partial charge in [0.25, 0.3) is 0 Å². The highest BCUT2D eigenvalue weighted by molar-refractivity contribution is 5.78. The molecule has 0 aliphatic carbocycles. The molecule has 5 heteroatoms. The topological polar surface area (TPSA) is 43.9 Å². The first kappa shape index (κ1) is 20.9. The number of hydrogen-bond acceptors (Lipinski definition) is 3. The molecule has 0 radical (unpaired) electrons. The third-order valence-corrected chi connectivity index (χ3v) is 5.24. The van der Waals surface area contributed by atoms with Crippen molar-refractivity contribution in [3.8, 4) is 0 Å². The van der Waals surface area contributed by atoms with Gasteiger partial charge in [-0.05, 0) is 31.7 Å². The van der Waals surface area contributed by atoms with Gasteiger partial charge in [0.2, 0.25) is 11.8 Å². The van der Waals surface area contributed by atoms with Crippen LogP contribution >= 0.6 is 0 Å². The van der Waals surface area contributed by atoms with Gasteiger partial charge in [-0.2, -0.15) is 0 Å². The molecule has 2 saturated heterocycles. The minimum atomic E-state index is 0.147. The zero-order chi connectivity index (χ0) is 18.3. The predicted molar refractivity (Wildman–Crippen MR) is 98.7 cm³/mol. The highest BCUT2D eigenvalue weighted by Gasteiger charge is 2.22. The van der Waals surface area contributed by atoms with E-state index in [9.17, 15) is 9.59 Å². The van der Waals surface area contributed by atoms with Crippen molar-refractivity contribution in [2.75, 3.05) is 46.3 Å². The van der Waals surface area contributed by atoms with Crippen LogP contribution in [-0.2, 0) is 9.59 Å². The zero-order valence-electron chi connectivity index (χ0n) is 16.5. The van der Waals surface area contributed by atoms with Crippen LogP contribution < -0.4 is 0 Å². The van der Waals surface area contributed by atoms with Crippen LogP contribution in [0.5, 0.6) is 0 Å². The van der Waals surface area contributed by atoms with Gasteiger partial charge in [-0.3, -0.25) is 9.59 Å². The summed E-state index contributed by atoms with van der Waals surface area (Å²) in [5, 5.41) is 0. The fourth-order valence-corrected chi connectivity index (χ4v) is 3.27. The van der Waals surface area contributed by atoms with Gasteiger partial charge in [0, 0.05) is 52.1 Å². The molecular weight excluding hydrogens is 302 g/mol. The first-order valence-electron chi connectivity index (χ1n) is 9.45. The van der Waals surface area contributed by atoms with Crippen LogP contribution in [0.4, 0.5) is 0 Å². The second kappa shape index (κ2) is 10.0. The number of amides is 2. The van der Waals surface area contributed by atoms with Crippen molar-refractivity contribution in [3.05, 3.63) is 0 Å². The maximum atomic E-state index is 11.5. The number of hydrogen-bond donors (Lipinski definition) is 0. The molecular formula is C19H37N3O2. The van der Waals surface area contributed by atoms with Crippen molar-refractivity contribution in [3.63, 3.8) is 0 Å². The van der Waals surface area contributed by atoms with Gasteiger partial charge < -0.3 is 14.7 Å². The number of piperidine rings is 1. The van der Waals surface area contributed by atoms with E-state index in [0.717, 1.165) is 51.1 Å². The van der Waals surface area contributed by atoms with Crippen molar-refractivity contribution < 1.29 is 9.59 Å². The second-order valence-electron chi connectivity index (χ2n) is 7.87. The molecule has 0 aromatic rings. The van der Waals surface area contributed by atoms with Crippen molar-refractivity contribution in [1.82, 2.24) is 14.7 Å². The minimum absolute atomic E-state index is 0.147. The zero-order valence-corrected chi connectivity index (χ0v) is 16.5. The first-order valence-corrected chi connectivity index (χ1v) is 9.45. The average Bonchev–Trinajstić information content (AvgIpc) is 2.55. The van der Waals surface area contributed by atoms with Gasteiger partial charge in [-0.25, -0.2) is 0 Å². The molecule has 2 rings (SSSR count). The first-order chi connectivity index (χ1) is 11.2. The highest BCUT2D eigenvalue weighted by atomic mass is 16.2. The molecule has 0 unspecified atom stereocenters. The fraction of sp³-hybridized carbons (Fsp3) is 0.895. The Morgan fingerprint density at radius 1 is 0.833 bits per heavy atom. The van der Waals surface area contributed by atoms with Crippen LogP contribution in [0, 0.1) is 17.8 Å². The van der Waals surface area contributed by atoms with E-state index >= 15 is 0 Å². The predicted octanol–water partition coefficient (Wildman–Crippen LogP) is 2.32. The van der Waals surface area contributed by atoms with Crippen molar-refractivity contribution in [1.29, 1.82) is 0 Å². The number of carbonyl (C=O) groups is 2. The molecule has 2 fully saturated rings. The lowest BCUT2D eigenvalue weighted by atomic mass is 9.87. The summed E-state index contributed by atoms with van der Waals surface area (Å²) in [4.78, 5) is 28.7. The number of rotatable bonds is 2. The molecule has 2 amide bonds. The molecule has 0 bridgehead atoms. The largest absolute Gasteiger partial charge is 0.343 e. The van der Waals surface area contributed by atoms with E-state index in [0.29, 0.717) is 5.91 Å². The van der Waals surface area contributed by atoms with Crippen LogP contribution in [-0.4, -0.2) is 72.8 Å². The fourth-order valence-electron chi connectivity index (χ4n) is 3.27. The Bertz CT molecular complexity index is 393. The van der Waals surface area contributed by atoms with E-state index in [1.807, 2.05) is 23.6 Å². The molecule has 0 N–H and O–H groups in total. The Hall–Kier alpha value is -1.10. The molecule has 2 heterocycles. The molecule has 24 heavy (non-hydrogen) atoms. The SMILES string of the molecule is CC(=O)N1CCC(C(C)C)CC1.CC(C)C(=O)N1CCN(C)CC1. The number of piperazine rings is 1. The van der Waals surface area contributed by atoms with Gasteiger partial charge >= 0.3 is 0 Å². The quantitative estimate of drug-likeness (QED) is 0.775. The summed E-state index contributed by atoms with van der Waals surface area (Å²) in [5.41, 5.74) is 0. The molecule has 0 aromatic heterocycles. The van der Waals surface area contributed by atoms with E-state index in [4.69, 9.17) is 0 Å².